The quantitative estimate of drug-likeness (QED) is 0.666. The van der Waals surface area contributed by atoms with Crippen molar-refractivity contribution in [3.05, 3.63) is 38.1 Å². The molecular formula is C14H12Br2ClN3O. The van der Waals surface area contributed by atoms with E-state index in [4.69, 9.17) is 16.3 Å². The van der Waals surface area contributed by atoms with Gasteiger partial charge in [0.1, 0.15) is 22.5 Å². The Morgan fingerprint density at radius 3 is 2.62 bits per heavy atom. The van der Waals surface area contributed by atoms with E-state index < -0.39 is 0 Å². The highest BCUT2D eigenvalue weighted by Gasteiger charge is 2.27. The SMILES string of the molecule is COc1cc(Nc2cc(Cl)nc(C3CC3)n2)c(Br)cc1Br. The molecular weight excluding hydrogens is 421 g/mol. The lowest BCUT2D eigenvalue weighted by molar-refractivity contribution is 0.412. The van der Waals surface area contributed by atoms with Crippen molar-refractivity contribution in [2.24, 2.45) is 0 Å². The second kappa shape index (κ2) is 6.10. The van der Waals surface area contributed by atoms with Crippen LogP contribution in [0.2, 0.25) is 5.15 Å². The average Bonchev–Trinajstić information content (AvgIpc) is 3.25. The van der Waals surface area contributed by atoms with E-state index in [9.17, 15) is 0 Å². The summed E-state index contributed by atoms with van der Waals surface area (Å²) in [6, 6.07) is 5.53. The molecule has 2 aromatic rings. The van der Waals surface area contributed by atoms with E-state index >= 15 is 0 Å². The first kappa shape index (κ1) is 15.1. The molecule has 0 amide bonds. The van der Waals surface area contributed by atoms with Crippen LogP contribution in [0.5, 0.6) is 5.75 Å². The molecule has 0 spiro atoms. The Hall–Kier alpha value is -0.850. The fourth-order valence-electron chi connectivity index (χ4n) is 1.94. The molecule has 1 heterocycles. The minimum Gasteiger partial charge on any atom is -0.495 e. The summed E-state index contributed by atoms with van der Waals surface area (Å²) in [6.45, 7) is 0. The van der Waals surface area contributed by atoms with E-state index in [0.29, 0.717) is 16.9 Å². The fraction of sp³-hybridized carbons (Fsp3) is 0.286. The third-order valence-electron chi connectivity index (χ3n) is 3.16. The Kier molecular flexibility index (Phi) is 4.38. The third kappa shape index (κ3) is 3.49. The molecule has 1 aromatic heterocycles. The fourth-order valence-corrected chi connectivity index (χ4v) is 3.39. The molecule has 1 fully saturated rings. The standard InChI is InChI=1S/C14H12Br2ClN3O/c1-21-11-5-10(8(15)4-9(11)16)18-13-6-12(17)19-14(20-13)7-2-3-7/h4-7H,2-3H2,1H3,(H,18,19,20). The van der Waals surface area contributed by atoms with Gasteiger partial charge in [-0.05, 0) is 50.8 Å². The summed E-state index contributed by atoms with van der Waals surface area (Å²) in [7, 11) is 1.63. The monoisotopic (exact) mass is 431 g/mol. The van der Waals surface area contributed by atoms with Gasteiger partial charge in [0.2, 0.25) is 0 Å². The number of nitrogens with one attached hydrogen (secondary N) is 1. The molecule has 0 bridgehead atoms. The van der Waals surface area contributed by atoms with E-state index in [-0.39, 0.29) is 0 Å². The zero-order valence-electron chi connectivity index (χ0n) is 11.2. The van der Waals surface area contributed by atoms with E-state index in [0.717, 1.165) is 39.0 Å². The summed E-state index contributed by atoms with van der Waals surface area (Å²) in [6.07, 6.45) is 2.27. The van der Waals surface area contributed by atoms with Gasteiger partial charge in [-0.15, -0.1) is 0 Å². The van der Waals surface area contributed by atoms with Gasteiger partial charge in [-0.1, -0.05) is 11.6 Å². The van der Waals surface area contributed by atoms with Gasteiger partial charge in [-0.25, -0.2) is 9.97 Å². The minimum atomic E-state index is 0.451. The summed E-state index contributed by atoms with van der Waals surface area (Å²) < 4.78 is 7.08. The zero-order chi connectivity index (χ0) is 15.0. The number of nitrogens with zero attached hydrogens (tertiary/aromatic N) is 2. The summed E-state index contributed by atoms with van der Waals surface area (Å²) in [5.41, 5.74) is 0.853. The highest BCUT2D eigenvalue weighted by molar-refractivity contribution is 9.11. The van der Waals surface area contributed by atoms with Crippen LogP contribution in [0.15, 0.2) is 27.1 Å². The Labute approximate surface area is 144 Å². The first-order valence-corrected chi connectivity index (χ1v) is 8.37. The Morgan fingerprint density at radius 2 is 1.95 bits per heavy atom. The van der Waals surface area contributed by atoms with Crippen molar-refractivity contribution in [2.45, 2.75) is 18.8 Å². The Balaban J connectivity index is 1.92. The summed E-state index contributed by atoms with van der Waals surface area (Å²) in [5.74, 6) is 2.68. The van der Waals surface area contributed by atoms with Crippen LogP contribution in [-0.4, -0.2) is 17.1 Å². The highest BCUT2D eigenvalue weighted by atomic mass is 79.9. The molecule has 1 saturated carbocycles. The van der Waals surface area contributed by atoms with E-state index in [1.165, 1.54) is 0 Å². The van der Waals surface area contributed by atoms with Crippen LogP contribution in [-0.2, 0) is 0 Å². The molecule has 7 heteroatoms. The number of benzene rings is 1. The molecule has 4 nitrogen and oxygen atoms in total. The molecule has 0 radical (unpaired) electrons. The second-order valence-electron chi connectivity index (χ2n) is 4.80. The number of halogens is 3. The molecule has 1 N–H and O–H groups in total. The maximum absolute atomic E-state index is 6.08. The van der Waals surface area contributed by atoms with Crippen LogP contribution < -0.4 is 10.1 Å². The lowest BCUT2D eigenvalue weighted by Crippen LogP contribution is -2.00. The van der Waals surface area contributed by atoms with Crippen molar-refractivity contribution in [1.82, 2.24) is 9.97 Å². The largest absolute Gasteiger partial charge is 0.495 e. The number of aromatic nitrogens is 2. The molecule has 0 unspecified atom stereocenters. The summed E-state index contributed by atoms with van der Waals surface area (Å²) >= 11 is 13.0. The van der Waals surface area contributed by atoms with Crippen molar-refractivity contribution in [3.63, 3.8) is 0 Å². The number of hydrogen-bond acceptors (Lipinski definition) is 4. The van der Waals surface area contributed by atoms with Gasteiger partial charge < -0.3 is 10.1 Å². The molecule has 21 heavy (non-hydrogen) atoms. The van der Waals surface area contributed by atoms with Crippen LogP contribution in [0.4, 0.5) is 11.5 Å². The molecule has 1 aromatic carbocycles. The molecule has 3 rings (SSSR count). The molecule has 110 valence electrons. The topological polar surface area (TPSA) is 47.0 Å². The summed E-state index contributed by atoms with van der Waals surface area (Å²) in [5, 5.41) is 3.71. The average molecular weight is 434 g/mol. The Bertz CT molecular complexity index is 692. The van der Waals surface area contributed by atoms with Gasteiger partial charge in [0.25, 0.3) is 0 Å². The maximum atomic E-state index is 6.08. The van der Waals surface area contributed by atoms with Gasteiger partial charge in [0.15, 0.2) is 0 Å². The molecule has 0 saturated heterocycles. The number of hydrogen-bond donors (Lipinski definition) is 1. The molecule has 1 aliphatic carbocycles. The number of ether oxygens (including phenoxy) is 1. The number of rotatable bonds is 4. The zero-order valence-corrected chi connectivity index (χ0v) is 15.1. The van der Waals surface area contributed by atoms with Gasteiger partial charge in [0.05, 0.1) is 17.3 Å². The lowest BCUT2D eigenvalue weighted by atomic mass is 10.3. The van der Waals surface area contributed by atoms with Gasteiger partial charge in [-0.3, -0.25) is 0 Å². The number of anilines is 2. The van der Waals surface area contributed by atoms with Crippen LogP contribution in [0, 0.1) is 0 Å². The van der Waals surface area contributed by atoms with Crippen LogP contribution in [0.1, 0.15) is 24.6 Å². The molecule has 0 aliphatic heterocycles. The number of methoxy groups -OCH3 is 1. The van der Waals surface area contributed by atoms with E-state index in [2.05, 4.69) is 47.1 Å². The van der Waals surface area contributed by atoms with Crippen molar-refractivity contribution >= 4 is 55.0 Å². The normalized spacial score (nSPS) is 14.1. The predicted octanol–water partition coefficient (Wildman–Crippen LogP) is 5.28. The minimum absolute atomic E-state index is 0.451. The predicted molar refractivity (Wildman–Crippen MR) is 90.7 cm³/mol. The summed E-state index contributed by atoms with van der Waals surface area (Å²) in [4.78, 5) is 8.81. The maximum Gasteiger partial charge on any atom is 0.135 e. The Morgan fingerprint density at radius 1 is 1.19 bits per heavy atom. The lowest BCUT2D eigenvalue weighted by Gasteiger charge is -2.12. The van der Waals surface area contributed by atoms with Crippen molar-refractivity contribution in [2.75, 3.05) is 12.4 Å². The third-order valence-corrected chi connectivity index (χ3v) is 4.63. The van der Waals surface area contributed by atoms with Gasteiger partial charge in [-0.2, -0.15) is 0 Å². The van der Waals surface area contributed by atoms with Crippen LogP contribution in [0.3, 0.4) is 0 Å². The van der Waals surface area contributed by atoms with E-state index in [1.807, 2.05) is 12.1 Å². The molecule has 1 aliphatic rings. The second-order valence-corrected chi connectivity index (χ2v) is 6.90. The van der Waals surface area contributed by atoms with Crippen molar-refractivity contribution in [1.29, 1.82) is 0 Å². The van der Waals surface area contributed by atoms with Crippen molar-refractivity contribution in [3.8, 4) is 5.75 Å². The van der Waals surface area contributed by atoms with Gasteiger partial charge >= 0.3 is 0 Å². The highest BCUT2D eigenvalue weighted by Crippen LogP contribution is 2.40. The van der Waals surface area contributed by atoms with E-state index in [1.54, 1.807) is 13.2 Å². The first-order valence-electron chi connectivity index (χ1n) is 6.41. The first-order chi connectivity index (χ1) is 10.1. The van der Waals surface area contributed by atoms with Crippen LogP contribution in [0.25, 0.3) is 0 Å². The van der Waals surface area contributed by atoms with Crippen molar-refractivity contribution < 1.29 is 4.74 Å². The molecule has 0 atom stereocenters. The van der Waals surface area contributed by atoms with Crippen LogP contribution >= 0.6 is 43.5 Å². The smallest absolute Gasteiger partial charge is 0.135 e. The van der Waals surface area contributed by atoms with Gasteiger partial charge in [0, 0.05) is 22.5 Å².